The first kappa shape index (κ1) is 19.1. The second-order valence-electron chi connectivity index (χ2n) is 5.86. The van der Waals surface area contributed by atoms with Crippen LogP contribution in [-0.4, -0.2) is 29.4 Å². The van der Waals surface area contributed by atoms with Gasteiger partial charge in [-0.1, -0.05) is 17.7 Å². The first-order chi connectivity index (χ1) is 12.8. The lowest BCUT2D eigenvalue weighted by molar-refractivity contribution is -0.115. The Morgan fingerprint density at radius 3 is 2.44 bits per heavy atom. The van der Waals surface area contributed by atoms with E-state index in [0.29, 0.717) is 11.4 Å². The Balaban J connectivity index is 1.59. The molecule has 0 aliphatic rings. The molecule has 3 rings (SSSR count). The Bertz CT molecular complexity index is 1050. The smallest absolute Gasteiger partial charge is 0.227 e. The molecular formula is C18H16FN3O3S2. The summed E-state index contributed by atoms with van der Waals surface area (Å²) in [6.45, 7) is 1.87. The molecule has 1 heterocycles. The molecule has 0 fully saturated rings. The van der Waals surface area contributed by atoms with Crippen molar-refractivity contribution in [2.75, 3.05) is 11.1 Å². The van der Waals surface area contributed by atoms with Gasteiger partial charge in [0.05, 0.1) is 10.6 Å². The number of aromatic nitrogens is 2. The Kier molecular flexibility index (Phi) is 5.62. The molecular weight excluding hydrogens is 389 g/mol. The topological polar surface area (TPSA) is 89.0 Å². The highest BCUT2D eigenvalue weighted by Crippen LogP contribution is 2.21. The largest absolute Gasteiger partial charge is 0.301 e. The van der Waals surface area contributed by atoms with Crippen LogP contribution in [0.25, 0.3) is 11.4 Å². The predicted molar refractivity (Wildman–Crippen MR) is 102 cm³/mol. The Morgan fingerprint density at radius 2 is 1.78 bits per heavy atom. The summed E-state index contributed by atoms with van der Waals surface area (Å²) in [5, 5.41) is 2.80. The van der Waals surface area contributed by atoms with Gasteiger partial charge in [0.2, 0.25) is 11.0 Å². The number of nitrogens with one attached hydrogen (secondary N) is 1. The van der Waals surface area contributed by atoms with Gasteiger partial charge in [-0.3, -0.25) is 4.79 Å². The lowest BCUT2D eigenvalue weighted by Crippen LogP contribution is -2.17. The number of benzene rings is 2. The standard InChI is InChI=1S/C18H16FN3O3S2/c1-12-2-8-15(9-3-12)27(24,25)11-10-16(23)20-18-21-17(22-26-18)13-4-6-14(19)7-5-13/h2-9H,10-11H2,1H3,(H,20,21,22,23). The van der Waals surface area contributed by atoms with Crippen molar-refractivity contribution in [3.63, 3.8) is 0 Å². The molecule has 6 nitrogen and oxygen atoms in total. The lowest BCUT2D eigenvalue weighted by atomic mass is 10.2. The number of anilines is 1. The van der Waals surface area contributed by atoms with Crippen LogP contribution in [0.15, 0.2) is 53.4 Å². The molecule has 0 saturated heterocycles. The number of carbonyl (C=O) groups is 1. The number of hydrogen-bond donors (Lipinski definition) is 1. The zero-order valence-corrected chi connectivity index (χ0v) is 16.0. The van der Waals surface area contributed by atoms with E-state index in [1.807, 2.05) is 6.92 Å². The molecule has 0 aliphatic carbocycles. The molecule has 1 N–H and O–H groups in total. The van der Waals surface area contributed by atoms with Gasteiger partial charge in [0.25, 0.3) is 0 Å². The number of rotatable bonds is 6. The second-order valence-corrected chi connectivity index (χ2v) is 8.72. The molecule has 1 aromatic heterocycles. The number of halogens is 1. The summed E-state index contributed by atoms with van der Waals surface area (Å²) in [6.07, 6.45) is -0.193. The zero-order valence-electron chi connectivity index (χ0n) is 14.3. The number of carbonyl (C=O) groups excluding carboxylic acids is 1. The summed E-state index contributed by atoms with van der Waals surface area (Å²) in [4.78, 5) is 16.4. The molecule has 0 atom stereocenters. The van der Waals surface area contributed by atoms with E-state index >= 15 is 0 Å². The summed E-state index contributed by atoms with van der Waals surface area (Å²) >= 11 is 0.972. The van der Waals surface area contributed by atoms with E-state index in [1.54, 1.807) is 12.1 Å². The Hall–Kier alpha value is -2.65. The molecule has 0 unspecified atom stereocenters. The maximum Gasteiger partial charge on any atom is 0.227 e. The van der Waals surface area contributed by atoms with E-state index in [2.05, 4.69) is 14.7 Å². The van der Waals surface area contributed by atoms with E-state index in [0.717, 1.165) is 17.1 Å². The van der Waals surface area contributed by atoms with Gasteiger partial charge >= 0.3 is 0 Å². The summed E-state index contributed by atoms with van der Waals surface area (Å²) in [5.74, 6) is -0.765. The van der Waals surface area contributed by atoms with Crippen LogP contribution in [0.4, 0.5) is 9.52 Å². The molecule has 140 valence electrons. The van der Waals surface area contributed by atoms with Crippen LogP contribution in [0.1, 0.15) is 12.0 Å². The molecule has 0 radical (unpaired) electrons. The minimum Gasteiger partial charge on any atom is -0.301 e. The van der Waals surface area contributed by atoms with E-state index in [9.17, 15) is 17.6 Å². The third-order valence-electron chi connectivity index (χ3n) is 3.75. The minimum absolute atomic E-state index is 0.190. The van der Waals surface area contributed by atoms with Gasteiger partial charge in [0.15, 0.2) is 15.7 Å². The summed E-state index contributed by atoms with van der Waals surface area (Å²) < 4.78 is 41.6. The molecule has 27 heavy (non-hydrogen) atoms. The van der Waals surface area contributed by atoms with Crippen molar-refractivity contribution >= 4 is 32.4 Å². The van der Waals surface area contributed by atoms with Crippen molar-refractivity contribution in [3.05, 3.63) is 59.9 Å². The fraction of sp³-hybridized carbons (Fsp3) is 0.167. The molecule has 0 bridgehead atoms. The van der Waals surface area contributed by atoms with Gasteiger partial charge in [0, 0.05) is 23.5 Å². The Morgan fingerprint density at radius 1 is 1.11 bits per heavy atom. The van der Waals surface area contributed by atoms with Crippen molar-refractivity contribution in [3.8, 4) is 11.4 Å². The van der Waals surface area contributed by atoms with Crippen LogP contribution in [-0.2, 0) is 14.6 Å². The van der Waals surface area contributed by atoms with Gasteiger partial charge in [-0.05, 0) is 43.3 Å². The third-order valence-corrected chi connectivity index (χ3v) is 6.12. The van der Waals surface area contributed by atoms with Crippen molar-refractivity contribution in [2.45, 2.75) is 18.2 Å². The predicted octanol–water partition coefficient (Wildman–Crippen LogP) is 3.46. The quantitative estimate of drug-likeness (QED) is 0.678. The second kappa shape index (κ2) is 7.93. The maximum absolute atomic E-state index is 13.0. The number of amides is 1. The van der Waals surface area contributed by atoms with E-state index in [1.165, 1.54) is 36.4 Å². The first-order valence-corrected chi connectivity index (χ1v) is 10.4. The van der Waals surface area contributed by atoms with E-state index in [-0.39, 0.29) is 28.0 Å². The molecule has 9 heteroatoms. The SMILES string of the molecule is Cc1ccc(S(=O)(=O)CCC(=O)Nc2nc(-c3ccc(F)cc3)ns2)cc1. The highest BCUT2D eigenvalue weighted by atomic mass is 32.2. The first-order valence-electron chi connectivity index (χ1n) is 8.02. The van der Waals surface area contributed by atoms with Gasteiger partial charge < -0.3 is 5.32 Å². The number of sulfone groups is 1. The molecule has 2 aromatic carbocycles. The van der Waals surface area contributed by atoms with Crippen molar-refractivity contribution < 1.29 is 17.6 Å². The molecule has 1 amide bonds. The van der Waals surface area contributed by atoms with Crippen molar-refractivity contribution in [1.29, 1.82) is 0 Å². The third kappa shape index (κ3) is 4.95. The maximum atomic E-state index is 13.0. The summed E-state index contributed by atoms with van der Waals surface area (Å²) in [7, 11) is -3.54. The van der Waals surface area contributed by atoms with Gasteiger partial charge in [-0.25, -0.2) is 12.8 Å². The monoisotopic (exact) mass is 405 g/mol. The van der Waals surface area contributed by atoms with Crippen LogP contribution in [0.3, 0.4) is 0 Å². The zero-order chi connectivity index (χ0) is 19.4. The number of aryl methyl sites for hydroxylation is 1. The summed E-state index contributed by atoms with van der Waals surface area (Å²) in [5.41, 5.74) is 1.58. The minimum atomic E-state index is -3.54. The number of nitrogens with zero attached hydrogens (tertiary/aromatic N) is 2. The van der Waals surface area contributed by atoms with Gasteiger partial charge in [0.1, 0.15) is 5.82 Å². The van der Waals surface area contributed by atoms with Gasteiger partial charge in [-0.2, -0.15) is 9.36 Å². The highest BCUT2D eigenvalue weighted by Gasteiger charge is 2.17. The van der Waals surface area contributed by atoms with Crippen LogP contribution in [0, 0.1) is 12.7 Å². The Labute approximate surface area is 160 Å². The van der Waals surface area contributed by atoms with Crippen molar-refractivity contribution in [2.24, 2.45) is 0 Å². The van der Waals surface area contributed by atoms with E-state index < -0.39 is 15.7 Å². The molecule has 3 aromatic rings. The van der Waals surface area contributed by atoms with Crippen LogP contribution in [0.2, 0.25) is 0 Å². The highest BCUT2D eigenvalue weighted by molar-refractivity contribution is 7.91. The fourth-order valence-corrected chi connectivity index (χ4v) is 4.11. The van der Waals surface area contributed by atoms with Crippen molar-refractivity contribution in [1.82, 2.24) is 9.36 Å². The molecule has 0 aliphatic heterocycles. The summed E-state index contributed by atoms with van der Waals surface area (Å²) in [6, 6.07) is 12.2. The van der Waals surface area contributed by atoms with Crippen LogP contribution in [0.5, 0.6) is 0 Å². The average molecular weight is 405 g/mol. The van der Waals surface area contributed by atoms with Gasteiger partial charge in [-0.15, -0.1) is 0 Å². The average Bonchev–Trinajstić information content (AvgIpc) is 3.09. The van der Waals surface area contributed by atoms with Crippen LogP contribution < -0.4 is 5.32 Å². The molecule has 0 saturated carbocycles. The normalized spacial score (nSPS) is 11.3. The van der Waals surface area contributed by atoms with E-state index in [4.69, 9.17) is 0 Å². The molecule has 0 spiro atoms. The number of hydrogen-bond acceptors (Lipinski definition) is 6. The fourth-order valence-electron chi connectivity index (χ4n) is 2.26. The lowest BCUT2D eigenvalue weighted by Gasteiger charge is -2.05. The van der Waals surface area contributed by atoms with Crippen LogP contribution >= 0.6 is 11.5 Å².